The summed E-state index contributed by atoms with van der Waals surface area (Å²) < 4.78 is 11.7. The fraction of sp³-hybridized carbons (Fsp3) is 0.273. The molecule has 0 bridgehead atoms. The molecule has 3 heterocycles. The van der Waals surface area contributed by atoms with Gasteiger partial charge in [-0.15, -0.1) is 11.3 Å². The number of benzene rings is 3. The number of halogens is 1. The molecule has 0 saturated carbocycles. The molecule has 0 saturated heterocycles. The van der Waals surface area contributed by atoms with Crippen LogP contribution < -0.4 is 0 Å². The molecule has 1 aliphatic rings. The van der Waals surface area contributed by atoms with Crippen LogP contribution in [0.25, 0.3) is 44.3 Å². The largest absolute Gasteiger partial charge is 0.444 e. The molecule has 1 aliphatic heterocycles. The van der Waals surface area contributed by atoms with Crippen LogP contribution in [0.5, 0.6) is 0 Å². The van der Waals surface area contributed by atoms with Crippen molar-refractivity contribution >= 4 is 46.4 Å². The van der Waals surface area contributed by atoms with E-state index in [-0.39, 0.29) is 6.09 Å². The highest BCUT2D eigenvalue weighted by molar-refractivity contribution is 7.15. The molecule has 0 unspecified atom stereocenters. The van der Waals surface area contributed by atoms with Crippen molar-refractivity contribution < 1.29 is 18.7 Å². The topological polar surface area (TPSA) is 85.5 Å². The maximum absolute atomic E-state index is 12.7. The number of carbonyl (C=O) groups excluding carboxylic acids is 2. The number of ether oxygens (including phenoxy) is 1. The minimum Gasteiger partial charge on any atom is -0.444 e. The van der Waals surface area contributed by atoms with Crippen LogP contribution in [0.1, 0.15) is 52.8 Å². The molecule has 0 radical (unpaired) electrons. The van der Waals surface area contributed by atoms with Gasteiger partial charge in [-0.25, -0.2) is 14.8 Å². The highest BCUT2D eigenvalue weighted by atomic mass is 35.5. The molecule has 214 valence electrons. The van der Waals surface area contributed by atoms with E-state index >= 15 is 0 Å². The molecule has 1 amide bonds. The summed E-state index contributed by atoms with van der Waals surface area (Å²) in [5, 5.41) is 1.30. The van der Waals surface area contributed by atoms with E-state index < -0.39 is 5.60 Å². The van der Waals surface area contributed by atoms with Crippen molar-refractivity contribution in [1.29, 1.82) is 0 Å². The fourth-order valence-electron chi connectivity index (χ4n) is 5.31. The van der Waals surface area contributed by atoms with Gasteiger partial charge in [0.2, 0.25) is 5.89 Å². The molecule has 0 atom stereocenters. The molecule has 42 heavy (non-hydrogen) atoms. The summed E-state index contributed by atoms with van der Waals surface area (Å²) in [6.45, 7) is 10.9. The maximum atomic E-state index is 12.7. The molecule has 5 aromatic rings. The Kier molecular flexibility index (Phi) is 7.15. The van der Waals surface area contributed by atoms with Gasteiger partial charge in [0.1, 0.15) is 22.4 Å². The lowest BCUT2D eigenvalue weighted by molar-refractivity contribution is 0.0225. The molecule has 3 aromatic carbocycles. The van der Waals surface area contributed by atoms with Gasteiger partial charge in [0, 0.05) is 34.5 Å². The highest BCUT2D eigenvalue weighted by Gasteiger charge is 2.28. The maximum Gasteiger partial charge on any atom is 0.410 e. The third-order valence-electron chi connectivity index (χ3n) is 7.40. The Hall–Kier alpha value is -4.01. The van der Waals surface area contributed by atoms with Gasteiger partial charge in [-0.2, -0.15) is 0 Å². The molecule has 0 spiro atoms. The summed E-state index contributed by atoms with van der Waals surface area (Å²) in [4.78, 5) is 36.5. The van der Waals surface area contributed by atoms with Crippen molar-refractivity contribution in [2.45, 2.75) is 53.2 Å². The van der Waals surface area contributed by atoms with Crippen LogP contribution in [0.15, 0.2) is 52.9 Å². The van der Waals surface area contributed by atoms with Crippen molar-refractivity contribution in [2.75, 3.05) is 6.54 Å². The zero-order valence-electron chi connectivity index (χ0n) is 24.1. The second-order valence-electron chi connectivity index (χ2n) is 11.5. The Morgan fingerprint density at radius 1 is 1.02 bits per heavy atom. The van der Waals surface area contributed by atoms with Crippen molar-refractivity contribution in [3.05, 3.63) is 80.8 Å². The normalized spacial score (nSPS) is 13.3. The van der Waals surface area contributed by atoms with Crippen molar-refractivity contribution in [3.63, 3.8) is 0 Å². The van der Waals surface area contributed by atoms with Gasteiger partial charge in [-0.3, -0.25) is 4.79 Å². The smallest absolute Gasteiger partial charge is 0.410 e. The SMILES string of the molecule is Cc1c(-c2nc3cc(C=O)cc(Cl)c3o2)cccc1-c1cccc(-c2nc3c(s2)CN(C(=O)OC(C)(C)C)CC3)c1C. The van der Waals surface area contributed by atoms with Crippen LogP contribution in [-0.4, -0.2) is 39.4 Å². The van der Waals surface area contributed by atoms with E-state index in [0.29, 0.717) is 47.1 Å². The van der Waals surface area contributed by atoms with E-state index in [4.69, 9.17) is 25.7 Å². The molecular weight excluding hydrogens is 570 g/mol. The molecule has 6 rings (SSSR count). The first-order valence-electron chi connectivity index (χ1n) is 13.7. The number of hydrogen-bond acceptors (Lipinski definition) is 7. The Balaban J connectivity index is 1.34. The van der Waals surface area contributed by atoms with E-state index in [2.05, 4.69) is 43.1 Å². The lowest BCUT2D eigenvalue weighted by Gasteiger charge is -2.29. The number of aromatic nitrogens is 2. The first-order chi connectivity index (χ1) is 20.0. The van der Waals surface area contributed by atoms with E-state index in [1.54, 1.807) is 28.4 Å². The van der Waals surface area contributed by atoms with Crippen LogP contribution in [0, 0.1) is 13.8 Å². The number of hydrogen-bond donors (Lipinski definition) is 0. The summed E-state index contributed by atoms with van der Waals surface area (Å²) in [6, 6.07) is 15.6. The predicted octanol–water partition coefficient (Wildman–Crippen LogP) is 8.66. The summed E-state index contributed by atoms with van der Waals surface area (Å²) in [6.07, 6.45) is 1.16. The Morgan fingerprint density at radius 2 is 1.69 bits per heavy atom. The van der Waals surface area contributed by atoms with Crippen molar-refractivity contribution in [1.82, 2.24) is 14.9 Å². The predicted molar refractivity (Wildman–Crippen MR) is 166 cm³/mol. The van der Waals surface area contributed by atoms with E-state index in [0.717, 1.165) is 55.2 Å². The average Bonchev–Trinajstić information content (AvgIpc) is 3.57. The molecule has 0 N–H and O–H groups in total. The van der Waals surface area contributed by atoms with Crippen LogP contribution in [0.2, 0.25) is 5.02 Å². The molecule has 0 aliphatic carbocycles. The molecule has 7 nitrogen and oxygen atoms in total. The second-order valence-corrected chi connectivity index (χ2v) is 13.0. The Morgan fingerprint density at radius 3 is 2.38 bits per heavy atom. The van der Waals surface area contributed by atoms with Gasteiger partial charge in [0.25, 0.3) is 0 Å². The van der Waals surface area contributed by atoms with Gasteiger partial charge >= 0.3 is 6.09 Å². The molecule has 2 aromatic heterocycles. The molecular formula is C33H30ClN3O4S. The standard InChI is InChI=1S/C33H30ClN3O4S/c1-18-21(8-6-10-23(18)30-35-27-15-20(17-38)14-25(34)29(27)40-30)22-9-7-11-24(19(22)2)31-36-26-12-13-37(16-28(26)42-31)32(39)41-33(3,4)5/h6-11,14-15,17H,12-13,16H2,1-5H3. The van der Waals surface area contributed by atoms with Gasteiger partial charge in [0.05, 0.1) is 17.3 Å². The van der Waals surface area contributed by atoms with Crippen LogP contribution >= 0.6 is 22.9 Å². The Labute approximate surface area is 253 Å². The molecule has 9 heteroatoms. The number of carbonyl (C=O) groups is 2. The molecule has 0 fully saturated rings. The summed E-state index contributed by atoms with van der Waals surface area (Å²) in [5.74, 6) is 0.449. The van der Waals surface area contributed by atoms with Crippen LogP contribution in [0.4, 0.5) is 4.79 Å². The number of thiazole rings is 1. The fourth-order valence-corrected chi connectivity index (χ4v) is 6.77. The zero-order chi connectivity index (χ0) is 29.8. The minimum absolute atomic E-state index is 0.290. The van der Waals surface area contributed by atoms with Crippen molar-refractivity contribution in [3.8, 4) is 33.2 Å². The number of oxazole rings is 1. The minimum atomic E-state index is -0.531. The third kappa shape index (κ3) is 5.21. The summed E-state index contributed by atoms with van der Waals surface area (Å²) in [5.41, 5.74) is 8.16. The monoisotopic (exact) mass is 599 g/mol. The van der Waals surface area contributed by atoms with Gasteiger partial charge in [-0.05, 0) is 75.1 Å². The lowest BCUT2D eigenvalue weighted by Crippen LogP contribution is -2.39. The van der Waals surface area contributed by atoms with E-state index in [9.17, 15) is 9.59 Å². The van der Waals surface area contributed by atoms with Gasteiger partial charge in [0.15, 0.2) is 5.58 Å². The van der Waals surface area contributed by atoms with E-state index in [1.165, 1.54) is 0 Å². The summed E-state index contributed by atoms with van der Waals surface area (Å²) >= 11 is 8.00. The van der Waals surface area contributed by atoms with Crippen molar-refractivity contribution in [2.24, 2.45) is 0 Å². The van der Waals surface area contributed by atoms with Gasteiger partial charge in [-0.1, -0.05) is 41.9 Å². The second kappa shape index (κ2) is 10.7. The van der Waals surface area contributed by atoms with Crippen LogP contribution in [-0.2, 0) is 17.7 Å². The number of rotatable bonds is 4. The number of fused-ring (bicyclic) bond motifs is 2. The highest BCUT2D eigenvalue weighted by Crippen LogP contribution is 2.40. The number of nitrogens with zero attached hydrogens (tertiary/aromatic N) is 3. The summed E-state index contributed by atoms with van der Waals surface area (Å²) in [7, 11) is 0. The quantitative estimate of drug-likeness (QED) is 0.192. The first kappa shape index (κ1) is 28.1. The lowest BCUT2D eigenvalue weighted by atomic mass is 9.91. The van der Waals surface area contributed by atoms with E-state index in [1.807, 2.05) is 32.9 Å². The first-order valence-corrected chi connectivity index (χ1v) is 14.9. The number of amides is 1. The van der Waals surface area contributed by atoms with Crippen LogP contribution in [0.3, 0.4) is 0 Å². The third-order valence-corrected chi connectivity index (χ3v) is 8.80. The number of aldehydes is 1. The van der Waals surface area contributed by atoms with Gasteiger partial charge < -0.3 is 14.1 Å². The Bertz CT molecular complexity index is 1870. The zero-order valence-corrected chi connectivity index (χ0v) is 25.7. The average molecular weight is 600 g/mol.